The summed E-state index contributed by atoms with van der Waals surface area (Å²) >= 11 is 0. The molecule has 1 amide bonds. The molecule has 9 heteroatoms. The van der Waals surface area contributed by atoms with Gasteiger partial charge in [-0.1, -0.05) is 13.8 Å². The van der Waals surface area contributed by atoms with E-state index in [-0.39, 0.29) is 5.91 Å². The summed E-state index contributed by atoms with van der Waals surface area (Å²) in [6.45, 7) is 10.3. The Kier molecular flexibility index (Phi) is 5.52. The van der Waals surface area contributed by atoms with Crippen molar-refractivity contribution in [1.82, 2.24) is 34.5 Å². The first-order chi connectivity index (χ1) is 13.6. The number of hydrogen-bond acceptors (Lipinski definition) is 7. The number of carbonyl (C=O) groups excluding carboxylic acids is 1. The number of fused-ring (bicyclic) bond motifs is 1. The smallest absolute Gasteiger partial charge is 0.236 e. The van der Waals surface area contributed by atoms with Gasteiger partial charge in [-0.3, -0.25) is 9.69 Å². The Labute approximate surface area is 165 Å². The molecule has 0 spiro atoms. The van der Waals surface area contributed by atoms with Gasteiger partial charge in [-0.15, -0.1) is 10.2 Å². The summed E-state index contributed by atoms with van der Waals surface area (Å²) in [5.74, 6) is 3.33. The van der Waals surface area contributed by atoms with Crippen LogP contribution in [-0.4, -0.2) is 86.3 Å². The van der Waals surface area contributed by atoms with Crippen LogP contribution in [0.25, 0.3) is 0 Å². The van der Waals surface area contributed by atoms with Crippen LogP contribution in [-0.2, 0) is 17.8 Å². The molecule has 0 unspecified atom stereocenters. The van der Waals surface area contributed by atoms with Crippen molar-refractivity contribution in [2.45, 2.75) is 32.7 Å². The molecule has 2 aliphatic heterocycles. The van der Waals surface area contributed by atoms with Crippen molar-refractivity contribution in [1.29, 1.82) is 0 Å². The molecule has 0 radical (unpaired) electrons. The van der Waals surface area contributed by atoms with Gasteiger partial charge in [0.1, 0.15) is 11.6 Å². The van der Waals surface area contributed by atoms with E-state index in [9.17, 15) is 4.79 Å². The lowest BCUT2D eigenvalue weighted by molar-refractivity contribution is -0.132. The molecule has 2 aromatic rings. The van der Waals surface area contributed by atoms with E-state index in [0.717, 1.165) is 63.3 Å². The van der Waals surface area contributed by atoms with Crippen molar-refractivity contribution in [3.8, 4) is 0 Å². The third-order valence-corrected chi connectivity index (χ3v) is 5.49. The van der Waals surface area contributed by atoms with E-state index in [1.165, 1.54) is 0 Å². The van der Waals surface area contributed by atoms with Crippen molar-refractivity contribution in [2.75, 3.05) is 50.7 Å². The average molecular weight is 384 g/mol. The van der Waals surface area contributed by atoms with Crippen LogP contribution in [0.4, 0.5) is 5.95 Å². The molecule has 9 nitrogen and oxygen atoms in total. The number of piperazine rings is 1. The summed E-state index contributed by atoms with van der Waals surface area (Å²) in [4.78, 5) is 27.9. The Morgan fingerprint density at radius 2 is 1.75 bits per heavy atom. The fourth-order valence-corrected chi connectivity index (χ4v) is 3.87. The molecule has 0 bridgehead atoms. The number of amides is 1. The number of carbonyl (C=O) groups is 1. The SMILES string of the molecule is CC(C)c1nnc2n1CCN(C(=O)CN1CCN(c3ncccn3)CC1)CC2. The molecule has 0 aliphatic carbocycles. The van der Waals surface area contributed by atoms with Gasteiger partial charge in [0.15, 0.2) is 0 Å². The van der Waals surface area contributed by atoms with Crippen LogP contribution >= 0.6 is 0 Å². The summed E-state index contributed by atoms with van der Waals surface area (Å²) in [6, 6.07) is 1.83. The van der Waals surface area contributed by atoms with E-state index in [1.54, 1.807) is 12.4 Å². The summed E-state index contributed by atoms with van der Waals surface area (Å²) < 4.78 is 2.19. The van der Waals surface area contributed by atoms with Gasteiger partial charge >= 0.3 is 0 Å². The summed E-state index contributed by atoms with van der Waals surface area (Å²) in [7, 11) is 0. The first kappa shape index (κ1) is 18.8. The first-order valence-corrected chi connectivity index (χ1v) is 10.1. The Bertz CT molecular complexity index is 798. The maximum Gasteiger partial charge on any atom is 0.236 e. The molecule has 150 valence electrons. The zero-order chi connectivity index (χ0) is 19.5. The van der Waals surface area contributed by atoms with Crippen LogP contribution in [0.2, 0.25) is 0 Å². The van der Waals surface area contributed by atoms with E-state index in [1.807, 2.05) is 11.0 Å². The van der Waals surface area contributed by atoms with E-state index in [4.69, 9.17) is 0 Å². The quantitative estimate of drug-likeness (QED) is 0.754. The molecule has 4 rings (SSSR count). The van der Waals surface area contributed by atoms with Crippen LogP contribution in [0.3, 0.4) is 0 Å². The van der Waals surface area contributed by atoms with Gasteiger partial charge < -0.3 is 14.4 Å². The topological polar surface area (TPSA) is 83.3 Å². The van der Waals surface area contributed by atoms with E-state index < -0.39 is 0 Å². The van der Waals surface area contributed by atoms with E-state index >= 15 is 0 Å². The normalized spacial score (nSPS) is 18.2. The molecule has 4 heterocycles. The van der Waals surface area contributed by atoms with Crippen molar-refractivity contribution < 1.29 is 4.79 Å². The molecule has 1 fully saturated rings. The summed E-state index contributed by atoms with van der Waals surface area (Å²) in [6.07, 6.45) is 4.30. The largest absolute Gasteiger partial charge is 0.339 e. The Morgan fingerprint density at radius 3 is 2.46 bits per heavy atom. The van der Waals surface area contributed by atoms with Crippen LogP contribution in [0, 0.1) is 0 Å². The second kappa shape index (κ2) is 8.22. The fourth-order valence-electron chi connectivity index (χ4n) is 3.87. The fraction of sp³-hybridized carbons (Fsp3) is 0.632. The molecule has 0 N–H and O–H groups in total. The van der Waals surface area contributed by atoms with E-state index in [2.05, 4.69) is 48.4 Å². The highest BCUT2D eigenvalue weighted by molar-refractivity contribution is 5.78. The third-order valence-electron chi connectivity index (χ3n) is 5.49. The highest BCUT2D eigenvalue weighted by atomic mass is 16.2. The van der Waals surface area contributed by atoms with Gasteiger partial charge in [-0.05, 0) is 6.07 Å². The number of nitrogens with zero attached hydrogens (tertiary/aromatic N) is 8. The standard InChI is InChI=1S/C19H28N8O/c1-15(2)18-23-22-16-4-7-25(12-13-27(16)18)17(28)14-24-8-10-26(11-9-24)19-20-5-3-6-21-19/h3,5-6,15H,4,7-14H2,1-2H3. The zero-order valence-corrected chi connectivity index (χ0v) is 16.7. The highest BCUT2D eigenvalue weighted by Crippen LogP contribution is 2.17. The first-order valence-electron chi connectivity index (χ1n) is 10.1. The molecule has 1 saturated heterocycles. The van der Waals surface area contributed by atoms with Gasteiger partial charge in [0.05, 0.1) is 6.54 Å². The number of anilines is 1. The minimum Gasteiger partial charge on any atom is -0.339 e. The zero-order valence-electron chi connectivity index (χ0n) is 16.7. The Morgan fingerprint density at radius 1 is 1.00 bits per heavy atom. The van der Waals surface area contributed by atoms with Gasteiger partial charge in [0.25, 0.3) is 0 Å². The number of hydrogen-bond donors (Lipinski definition) is 0. The lowest BCUT2D eigenvalue weighted by atomic mass is 10.2. The maximum atomic E-state index is 12.9. The van der Waals surface area contributed by atoms with Gasteiger partial charge in [0, 0.05) is 70.5 Å². The van der Waals surface area contributed by atoms with Gasteiger partial charge in [-0.2, -0.15) is 0 Å². The molecule has 0 atom stereocenters. The lowest BCUT2D eigenvalue weighted by Crippen LogP contribution is -2.50. The third kappa shape index (κ3) is 3.99. The van der Waals surface area contributed by atoms with Crippen LogP contribution in [0.5, 0.6) is 0 Å². The molecule has 2 aromatic heterocycles. The van der Waals surface area contributed by atoms with Crippen LogP contribution in [0.1, 0.15) is 31.4 Å². The van der Waals surface area contributed by atoms with Crippen LogP contribution in [0.15, 0.2) is 18.5 Å². The minimum absolute atomic E-state index is 0.203. The average Bonchev–Trinajstić information content (AvgIpc) is 3.01. The Balaban J connectivity index is 1.29. The van der Waals surface area contributed by atoms with Crippen molar-refractivity contribution in [2.24, 2.45) is 0 Å². The molecule has 28 heavy (non-hydrogen) atoms. The molecule has 2 aliphatic rings. The highest BCUT2D eigenvalue weighted by Gasteiger charge is 2.25. The second-order valence-corrected chi connectivity index (χ2v) is 7.72. The molecular weight excluding hydrogens is 356 g/mol. The van der Waals surface area contributed by atoms with Crippen molar-refractivity contribution in [3.63, 3.8) is 0 Å². The molecular formula is C19H28N8O. The van der Waals surface area contributed by atoms with Crippen molar-refractivity contribution in [3.05, 3.63) is 30.1 Å². The second-order valence-electron chi connectivity index (χ2n) is 7.72. The van der Waals surface area contributed by atoms with Gasteiger partial charge in [0.2, 0.25) is 11.9 Å². The van der Waals surface area contributed by atoms with Gasteiger partial charge in [-0.25, -0.2) is 9.97 Å². The van der Waals surface area contributed by atoms with Crippen molar-refractivity contribution >= 4 is 11.9 Å². The predicted molar refractivity (Wildman–Crippen MR) is 105 cm³/mol. The summed E-state index contributed by atoms with van der Waals surface area (Å²) in [5.41, 5.74) is 0. The lowest BCUT2D eigenvalue weighted by Gasteiger charge is -2.35. The van der Waals surface area contributed by atoms with E-state index in [0.29, 0.717) is 19.0 Å². The summed E-state index contributed by atoms with van der Waals surface area (Å²) in [5, 5.41) is 8.65. The van der Waals surface area contributed by atoms with Crippen LogP contribution < -0.4 is 4.90 Å². The predicted octanol–water partition coefficient (Wildman–Crippen LogP) is 0.398. The number of rotatable bonds is 4. The molecule has 0 aromatic carbocycles. The molecule has 0 saturated carbocycles. The Hall–Kier alpha value is -2.55. The minimum atomic E-state index is 0.203. The number of aromatic nitrogens is 5. The maximum absolute atomic E-state index is 12.9. The monoisotopic (exact) mass is 384 g/mol.